The summed E-state index contributed by atoms with van der Waals surface area (Å²) in [5, 5.41) is 26.0. The van der Waals surface area contributed by atoms with Gasteiger partial charge in [-0.2, -0.15) is 0 Å². The first kappa shape index (κ1) is 15.9. The third-order valence-corrected chi connectivity index (χ3v) is 2.50. The Hall–Kier alpha value is -2.15. The number of carbonyl (C=O) groups excluding carboxylic acids is 1. The number of rotatable bonds is 6. The Bertz CT molecular complexity index is 509. The van der Waals surface area contributed by atoms with Crippen LogP contribution in [0.2, 0.25) is 0 Å². The van der Waals surface area contributed by atoms with Gasteiger partial charge in [0.2, 0.25) is 0 Å². The quantitative estimate of drug-likeness (QED) is 0.541. The number of nitrogens with one attached hydrogen (secondary N) is 2. The van der Waals surface area contributed by atoms with E-state index < -0.39 is 10.5 Å². The van der Waals surface area contributed by atoms with Crippen LogP contribution < -0.4 is 10.6 Å². The van der Waals surface area contributed by atoms with Gasteiger partial charge in [-0.15, -0.1) is 0 Å². The molecule has 0 aliphatic rings. The molecule has 7 nitrogen and oxygen atoms in total. The van der Waals surface area contributed by atoms with E-state index in [1.54, 1.807) is 20.8 Å². The van der Waals surface area contributed by atoms with Crippen LogP contribution in [0, 0.1) is 10.1 Å². The van der Waals surface area contributed by atoms with Gasteiger partial charge in [0.1, 0.15) is 5.69 Å². The lowest BCUT2D eigenvalue weighted by atomic mass is 10.1. The monoisotopic (exact) mass is 281 g/mol. The number of amides is 1. The fourth-order valence-electron chi connectivity index (χ4n) is 1.55. The van der Waals surface area contributed by atoms with Crippen LogP contribution in [0.1, 0.15) is 31.1 Å². The van der Waals surface area contributed by atoms with Gasteiger partial charge in [-0.1, -0.05) is 0 Å². The maximum absolute atomic E-state index is 11.7. The van der Waals surface area contributed by atoms with Gasteiger partial charge in [0.15, 0.2) is 0 Å². The molecule has 0 aromatic heterocycles. The molecule has 1 aromatic rings. The van der Waals surface area contributed by atoms with Crippen molar-refractivity contribution in [1.82, 2.24) is 5.32 Å². The van der Waals surface area contributed by atoms with Crippen molar-refractivity contribution in [3.63, 3.8) is 0 Å². The van der Waals surface area contributed by atoms with E-state index in [4.69, 9.17) is 0 Å². The standard InChI is InChI=1S/C13H19N3O4/c1-4-14-12(17)9-5-6-11(16(19)20)10(7-9)15-8-13(2,3)18/h5-7,15,18H,4,8H2,1-3H3,(H,14,17). The molecule has 1 rings (SSSR count). The summed E-state index contributed by atoms with van der Waals surface area (Å²) in [6.07, 6.45) is 0. The normalized spacial score (nSPS) is 11.0. The Kier molecular flexibility index (Phi) is 5.04. The minimum Gasteiger partial charge on any atom is -0.389 e. The van der Waals surface area contributed by atoms with Crippen LogP contribution in [0.5, 0.6) is 0 Å². The second-order valence-electron chi connectivity index (χ2n) is 5.01. The van der Waals surface area contributed by atoms with E-state index in [1.807, 2.05) is 0 Å². The summed E-state index contributed by atoms with van der Waals surface area (Å²) in [7, 11) is 0. The van der Waals surface area contributed by atoms with Crippen molar-refractivity contribution in [1.29, 1.82) is 0 Å². The minimum absolute atomic E-state index is 0.132. The number of benzene rings is 1. The maximum Gasteiger partial charge on any atom is 0.292 e. The lowest BCUT2D eigenvalue weighted by Crippen LogP contribution is -2.29. The fraction of sp³-hybridized carbons (Fsp3) is 0.462. The summed E-state index contributed by atoms with van der Waals surface area (Å²) in [6.45, 7) is 5.56. The molecule has 7 heteroatoms. The van der Waals surface area contributed by atoms with Gasteiger partial charge in [-0.3, -0.25) is 14.9 Å². The van der Waals surface area contributed by atoms with E-state index in [0.717, 1.165) is 0 Å². The van der Waals surface area contributed by atoms with E-state index in [0.29, 0.717) is 12.1 Å². The van der Waals surface area contributed by atoms with Crippen LogP contribution in [-0.4, -0.2) is 34.6 Å². The van der Waals surface area contributed by atoms with Crippen LogP contribution in [0.25, 0.3) is 0 Å². The summed E-state index contributed by atoms with van der Waals surface area (Å²) in [4.78, 5) is 22.1. The van der Waals surface area contributed by atoms with Crippen molar-refractivity contribution in [2.75, 3.05) is 18.4 Å². The van der Waals surface area contributed by atoms with Crippen molar-refractivity contribution in [3.8, 4) is 0 Å². The van der Waals surface area contributed by atoms with Gasteiger partial charge in [0.25, 0.3) is 11.6 Å². The topological polar surface area (TPSA) is 104 Å². The third-order valence-electron chi connectivity index (χ3n) is 2.50. The molecule has 0 spiro atoms. The van der Waals surface area contributed by atoms with E-state index >= 15 is 0 Å². The molecule has 0 bridgehead atoms. The summed E-state index contributed by atoms with van der Waals surface area (Å²) in [5.41, 5.74) is -0.617. The van der Waals surface area contributed by atoms with Crippen molar-refractivity contribution >= 4 is 17.3 Å². The predicted molar refractivity (Wildman–Crippen MR) is 75.9 cm³/mol. The zero-order valence-electron chi connectivity index (χ0n) is 11.8. The number of anilines is 1. The molecule has 0 saturated heterocycles. The number of aliphatic hydroxyl groups is 1. The first-order valence-corrected chi connectivity index (χ1v) is 6.27. The highest BCUT2D eigenvalue weighted by molar-refractivity contribution is 5.95. The van der Waals surface area contributed by atoms with Crippen molar-refractivity contribution in [2.45, 2.75) is 26.4 Å². The van der Waals surface area contributed by atoms with E-state index in [-0.39, 0.29) is 23.8 Å². The summed E-state index contributed by atoms with van der Waals surface area (Å²) in [6, 6.07) is 4.09. The van der Waals surface area contributed by atoms with Crippen LogP contribution in [0.15, 0.2) is 18.2 Å². The predicted octanol–water partition coefficient (Wildman–Crippen LogP) is 1.53. The maximum atomic E-state index is 11.7. The van der Waals surface area contributed by atoms with Crippen LogP contribution >= 0.6 is 0 Å². The molecule has 0 atom stereocenters. The van der Waals surface area contributed by atoms with Gasteiger partial charge in [-0.05, 0) is 32.9 Å². The summed E-state index contributed by atoms with van der Waals surface area (Å²) in [5.74, 6) is -0.297. The third kappa shape index (κ3) is 4.51. The number of nitro groups is 1. The van der Waals surface area contributed by atoms with Gasteiger partial charge in [0.05, 0.1) is 10.5 Å². The highest BCUT2D eigenvalue weighted by atomic mass is 16.6. The smallest absolute Gasteiger partial charge is 0.292 e. The average molecular weight is 281 g/mol. The molecule has 1 amide bonds. The SMILES string of the molecule is CCNC(=O)c1ccc([N+](=O)[O-])c(NCC(C)(C)O)c1. The Morgan fingerprint density at radius 1 is 1.45 bits per heavy atom. The Morgan fingerprint density at radius 2 is 2.10 bits per heavy atom. The second kappa shape index (κ2) is 6.33. The molecule has 0 saturated carbocycles. The molecule has 0 fully saturated rings. The molecular formula is C13H19N3O4. The van der Waals surface area contributed by atoms with Gasteiger partial charge < -0.3 is 15.7 Å². The molecular weight excluding hydrogens is 262 g/mol. The average Bonchev–Trinajstić information content (AvgIpc) is 2.35. The molecule has 110 valence electrons. The van der Waals surface area contributed by atoms with Crippen molar-refractivity contribution < 1.29 is 14.8 Å². The van der Waals surface area contributed by atoms with Crippen LogP contribution in [0.4, 0.5) is 11.4 Å². The second-order valence-corrected chi connectivity index (χ2v) is 5.01. The zero-order chi connectivity index (χ0) is 15.3. The molecule has 3 N–H and O–H groups in total. The largest absolute Gasteiger partial charge is 0.389 e. The molecule has 0 aliphatic heterocycles. The fourth-order valence-corrected chi connectivity index (χ4v) is 1.55. The van der Waals surface area contributed by atoms with Crippen molar-refractivity contribution in [3.05, 3.63) is 33.9 Å². The first-order chi connectivity index (χ1) is 9.24. The number of hydrogen-bond donors (Lipinski definition) is 3. The molecule has 20 heavy (non-hydrogen) atoms. The van der Waals surface area contributed by atoms with Gasteiger partial charge in [0, 0.05) is 24.7 Å². The summed E-state index contributed by atoms with van der Waals surface area (Å²) >= 11 is 0. The Balaban J connectivity index is 3.06. The Labute approximate surface area is 117 Å². The van der Waals surface area contributed by atoms with Gasteiger partial charge in [-0.25, -0.2) is 0 Å². The van der Waals surface area contributed by atoms with E-state index in [1.165, 1.54) is 18.2 Å². The molecule has 1 aromatic carbocycles. The van der Waals surface area contributed by atoms with Crippen LogP contribution in [0.3, 0.4) is 0 Å². The molecule has 0 unspecified atom stereocenters. The van der Waals surface area contributed by atoms with Gasteiger partial charge >= 0.3 is 0 Å². The highest BCUT2D eigenvalue weighted by Crippen LogP contribution is 2.26. The number of nitro benzene ring substituents is 1. The van der Waals surface area contributed by atoms with E-state index in [2.05, 4.69) is 10.6 Å². The zero-order valence-corrected chi connectivity index (χ0v) is 11.8. The number of nitrogens with zero attached hydrogens (tertiary/aromatic N) is 1. The summed E-state index contributed by atoms with van der Waals surface area (Å²) < 4.78 is 0. The molecule has 0 radical (unpaired) electrons. The minimum atomic E-state index is -1.02. The first-order valence-electron chi connectivity index (χ1n) is 6.27. The lowest BCUT2D eigenvalue weighted by molar-refractivity contribution is -0.384. The number of hydrogen-bond acceptors (Lipinski definition) is 5. The molecule has 0 heterocycles. The Morgan fingerprint density at radius 3 is 2.60 bits per heavy atom. The van der Waals surface area contributed by atoms with Crippen molar-refractivity contribution in [2.24, 2.45) is 0 Å². The van der Waals surface area contributed by atoms with E-state index in [9.17, 15) is 20.0 Å². The number of carbonyl (C=O) groups is 1. The lowest BCUT2D eigenvalue weighted by Gasteiger charge is -2.18. The van der Waals surface area contributed by atoms with Crippen LogP contribution in [-0.2, 0) is 0 Å². The molecule has 0 aliphatic carbocycles. The highest BCUT2D eigenvalue weighted by Gasteiger charge is 2.19.